The minimum absolute atomic E-state index is 0.0611. The summed E-state index contributed by atoms with van der Waals surface area (Å²) in [6.45, 7) is 6.24. The van der Waals surface area contributed by atoms with Crippen LogP contribution in [-0.2, 0) is 19.1 Å². The Kier molecular flexibility index (Phi) is 5.33. The first-order chi connectivity index (χ1) is 14.8. The molecule has 4 rings (SSSR count). The summed E-state index contributed by atoms with van der Waals surface area (Å²) in [5.74, 6) is -2.97. The molecule has 0 heterocycles. The number of allylic oxidation sites excluding steroid dienone is 4. The third kappa shape index (κ3) is 2.68. The SMILES string of the molecule is CSC(=O)[C@@]1(O)[C@H](C)C[C@H]2[C@@H]3C[C@H](F)C4=CC(=O)C=C[C@]4(C)[C@@]3(F)[C@@H](OC(C)=O)C[C@@]21C. The highest BCUT2D eigenvalue weighted by Gasteiger charge is 2.77. The van der Waals surface area contributed by atoms with Gasteiger partial charge >= 0.3 is 5.97 Å². The smallest absolute Gasteiger partial charge is 0.303 e. The molecule has 0 aromatic heterocycles. The number of fused-ring (bicyclic) bond motifs is 5. The van der Waals surface area contributed by atoms with Crippen molar-refractivity contribution >= 4 is 28.6 Å². The summed E-state index contributed by atoms with van der Waals surface area (Å²) < 4.78 is 38.6. The van der Waals surface area contributed by atoms with Crippen LogP contribution in [0.3, 0.4) is 0 Å². The van der Waals surface area contributed by atoms with E-state index in [1.807, 2.05) is 0 Å². The lowest BCUT2D eigenvalue weighted by Gasteiger charge is -2.63. The Hall–Kier alpha value is -1.54. The van der Waals surface area contributed by atoms with Gasteiger partial charge in [0.2, 0.25) is 5.12 Å². The average Bonchev–Trinajstić information content (AvgIpc) is 2.92. The first-order valence-corrected chi connectivity index (χ1v) is 12.3. The fraction of sp³-hybridized carbons (Fsp3) is 0.708. The van der Waals surface area contributed by atoms with E-state index in [4.69, 9.17) is 4.74 Å². The normalized spacial score (nSPS) is 49.6. The number of rotatable bonds is 2. The maximum atomic E-state index is 17.5. The molecule has 0 spiro atoms. The Balaban J connectivity index is 1.93. The average molecular weight is 469 g/mol. The second-order valence-corrected chi connectivity index (χ2v) is 11.1. The highest BCUT2D eigenvalue weighted by atomic mass is 32.2. The standard InChI is InChI=1S/C24H30F2O5S/c1-12-8-15-16-10-18(25)17-9-14(28)6-7-21(17,3)23(16,26)19(31-13(2)27)11-22(15,4)24(12,30)20(29)32-5/h6-7,9,12,15-16,18-19,30H,8,10-11H2,1-5H3/t12-,15+,16+,18+,19+,21+,22+,23+,24+/m1/s1. The molecule has 9 atom stereocenters. The number of carbonyl (C=O) groups is 3. The largest absolute Gasteiger partial charge is 0.459 e. The number of thioether (sulfide) groups is 1. The number of aliphatic hydroxyl groups is 1. The summed E-state index contributed by atoms with van der Waals surface area (Å²) in [6, 6.07) is 0. The predicted molar refractivity (Wildman–Crippen MR) is 116 cm³/mol. The van der Waals surface area contributed by atoms with Gasteiger partial charge in [-0.15, -0.1) is 0 Å². The van der Waals surface area contributed by atoms with Crippen LogP contribution in [-0.4, -0.2) is 51.8 Å². The van der Waals surface area contributed by atoms with E-state index >= 15 is 8.78 Å². The van der Waals surface area contributed by atoms with Gasteiger partial charge in [0, 0.05) is 23.7 Å². The molecule has 3 fully saturated rings. The zero-order chi connectivity index (χ0) is 23.9. The highest BCUT2D eigenvalue weighted by Crippen LogP contribution is 2.71. The minimum atomic E-state index is -2.19. The van der Waals surface area contributed by atoms with Gasteiger partial charge in [0.15, 0.2) is 11.5 Å². The Bertz CT molecular complexity index is 949. The molecule has 5 nitrogen and oxygen atoms in total. The van der Waals surface area contributed by atoms with Gasteiger partial charge in [-0.1, -0.05) is 31.7 Å². The molecule has 176 valence electrons. The summed E-state index contributed by atoms with van der Waals surface area (Å²) in [4.78, 5) is 37.0. The minimum Gasteiger partial charge on any atom is -0.459 e. The lowest BCUT2D eigenvalue weighted by Crippen LogP contribution is -2.71. The molecular formula is C24H30F2O5S. The van der Waals surface area contributed by atoms with Crippen LogP contribution < -0.4 is 0 Å². The number of hydrogen-bond donors (Lipinski definition) is 1. The Morgan fingerprint density at radius 2 is 1.91 bits per heavy atom. The fourth-order valence-corrected chi connectivity index (χ4v) is 8.17. The molecule has 0 unspecified atom stereocenters. The van der Waals surface area contributed by atoms with Crippen LogP contribution in [0.2, 0.25) is 0 Å². The van der Waals surface area contributed by atoms with Gasteiger partial charge in [-0.2, -0.15) is 0 Å². The second-order valence-electron chi connectivity index (χ2n) is 10.3. The Labute approximate surface area is 191 Å². The molecule has 1 N–H and O–H groups in total. The highest BCUT2D eigenvalue weighted by molar-refractivity contribution is 8.13. The molecule has 0 aromatic rings. The van der Waals surface area contributed by atoms with Gasteiger partial charge in [-0.3, -0.25) is 14.4 Å². The van der Waals surface area contributed by atoms with Crippen molar-refractivity contribution in [1.29, 1.82) is 0 Å². The summed E-state index contributed by atoms with van der Waals surface area (Å²) in [6.07, 6.45) is 2.62. The van der Waals surface area contributed by atoms with Gasteiger partial charge < -0.3 is 9.84 Å². The first-order valence-electron chi connectivity index (χ1n) is 11.0. The van der Waals surface area contributed by atoms with Crippen molar-refractivity contribution in [2.45, 2.75) is 70.5 Å². The Morgan fingerprint density at radius 3 is 2.50 bits per heavy atom. The van der Waals surface area contributed by atoms with Crippen molar-refractivity contribution < 1.29 is 33.0 Å². The van der Waals surface area contributed by atoms with E-state index in [2.05, 4.69) is 0 Å². The summed E-state index contributed by atoms with van der Waals surface area (Å²) >= 11 is 0.918. The van der Waals surface area contributed by atoms with E-state index in [1.54, 1.807) is 27.0 Å². The molecule has 0 amide bonds. The van der Waals surface area contributed by atoms with Gasteiger partial charge in [-0.05, 0) is 62.0 Å². The molecule has 4 aliphatic carbocycles. The fourth-order valence-electron chi connectivity index (χ4n) is 7.42. The predicted octanol–water partition coefficient (Wildman–Crippen LogP) is 3.74. The summed E-state index contributed by atoms with van der Waals surface area (Å²) in [7, 11) is 0. The van der Waals surface area contributed by atoms with Crippen LogP contribution in [0, 0.1) is 28.6 Å². The molecule has 32 heavy (non-hydrogen) atoms. The number of ketones is 1. The van der Waals surface area contributed by atoms with Crippen LogP contribution in [0.5, 0.6) is 0 Å². The van der Waals surface area contributed by atoms with E-state index in [9.17, 15) is 19.5 Å². The number of halogens is 2. The van der Waals surface area contributed by atoms with Crippen molar-refractivity contribution in [3.8, 4) is 0 Å². The van der Waals surface area contributed by atoms with Crippen LogP contribution >= 0.6 is 11.8 Å². The molecule has 3 saturated carbocycles. The lowest BCUT2D eigenvalue weighted by molar-refractivity contribution is -0.231. The van der Waals surface area contributed by atoms with E-state index in [-0.39, 0.29) is 18.4 Å². The number of ether oxygens (including phenoxy) is 1. The maximum absolute atomic E-state index is 17.5. The van der Waals surface area contributed by atoms with E-state index < -0.39 is 69.0 Å². The van der Waals surface area contributed by atoms with E-state index in [0.717, 1.165) is 17.8 Å². The number of esters is 1. The topological polar surface area (TPSA) is 80.7 Å². The first kappa shape index (κ1) is 23.6. The maximum Gasteiger partial charge on any atom is 0.303 e. The molecule has 4 aliphatic rings. The van der Waals surface area contributed by atoms with Crippen molar-refractivity contribution in [3.05, 3.63) is 23.8 Å². The van der Waals surface area contributed by atoms with Crippen molar-refractivity contribution in [2.24, 2.45) is 28.6 Å². The van der Waals surface area contributed by atoms with E-state index in [1.165, 1.54) is 19.1 Å². The molecule has 0 bridgehead atoms. The molecule has 0 radical (unpaired) electrons. The second kappa shape index (κ2) is 7.23. The third-order valence-corrected chi connectivity index (χ3v) is 9.67. The van der Waals surface area contributed by atoms with Crippen LogP contribution in [0.1, 0.15) is 47.0 Å². The van der Waals surface area contributed by atoms with Crippen molar-refractivity contribution in [1.82, 2.24) is 0 Å². The third-order valence-electron chi connectivity index (χ3n) is 8.99. The molecule has 0 aromatic carbocycles. The molecule has 8 heteroatoms. The number of carbonyl (C=O) groups excluding carboxylic acids is 3. The van der Waals surface area contributed by atoms with Crippen LogP contribution in [0.25, 0.3) is 0 Å². The molecule has 0 aliphatic heterocycles. The van der Waals surface area contributed by atoms with Gasteiger partial charge in [0.05, 0.1) is 0 Å². The monoisotopic (exact) mass is 468 g/mol. The number of alkyl halides is 2. The number of hydrogen-bond acceptors (Lipinski definition) is 6. The van der Waals surface area contributed by atoms with Gasteiger partial charge in [0.25, 0.3) is 0 Å². The van der Waals surface area contributed by atoms with Crippen LogP contribution in [0.15, 0.2) is 23.8 Å². The molecular weight excluding hydrogens is 438 g/mol. The van der Waals surface area contributed by atoms with Crippen LogP contribution in [0.4, 0.5) is 8.78 Å². The zero-order valence-electron chi connectivity index (χ0n) is 19.0. The van der Waals surface area contributed by atoms with Crippen molar-refractivity contribution in [2.75, 3.05) is 6.26 Å². The Morgan fingerprint density at radius 1 is 1.25 bits per heavy atom. The van der Waals surface area contributed by atoms with Crippen molar-refractivity contribution in [3.63, 3.8) is 0 Å². The zero-order valence-corrected chi connectivity index (χ0v) is 19.8. The molecule has 0 saturated heterocycles. The quantitative estimate of drug-likeness (QED) is 0.622. The lowest BCUT2D eigenvalue weighted by atomic mass is 9.44. The van der Waals surface area contributed by atoms with Gasteiger partial charge in [0.1, 0.15) is 17.9 Å². The van der Waals surface area contributed by atoms with E-state index in [0.29, 0.717) is 6.42 Å². The summed E-state index contributed by atoms with van der Waals surface area (Å²) in [5.41, 5.74) is -6.47. The van der Waals surface area contributed by atoms with Gasteiger partial charge in [-0.25, -0.2) is 8.78 Å². The summed E-state index contributed by atoms with van der Waals surface area (Å²) in [5, 5.41) is 11.3.